The first-order chi connectivity index (χ1) is 10.0. The van der Waals surface area contributed by atoms with Gasteiger partial charge in [0.05, 0.1) is 13.2 Å². The van der Waals surface area contributed by atoms with Gasteiger partial charge in [-0.25, -0.2) is 9.59 Å². The van der Waals surface area contributed by atoms with Crippen LogP contribution in [0.25, 0.3) is 0 Å². The lowest BCUT2D eigenvalue weighted by molar-refractivity contribution is -0.140. The minimum absolute atomic E-state index is 0.0338. The first-order valence-electron chi connectivity index (χ1n) is 6.27. The Kier molecular flexibility index (Phi) is 6.67. The normalized spacial score (nSPS) is 11.7. The van der Waals surface area contributed by atoms with Crippen LogP contribution in [0.15, 0.2) is 42.5 Å². The minimum Gasteiger partial charge on any atom is -0.466 e. The summed E-state index contributed by atoms with van der Waals surface area (Å²) in [4.78, 5) is 33.5. The average molecular weight is 291 g/mol. The van der Waals surface area contributed by atoms with Crippen LogP contribution in [-0.4, -0.2) is 31.6 Å². The largest absolute Gasteiger partial charge is 0.466 e. The molecule has 6 nitrogen and oxygen atoms in total. The predicted octanol–water partition coefficient (Wildman–Crippen LogP) is 1.14. The fraction of sp³-hybridized carbons (Fsp3) is 0.267. The molecule has 1 aromatic carbocycles. The second-order valence-electron chi connectivity index (χ2n) is 4.15. The summed E-state index contributed by atoms with van der Waals surface area (Å²) in [6, 6.07) is 8.68. The molecule has 0 spiro atoms. The molecule has 112 valence electrons. The van der Waals surface area contributed by atoms with Crippen molar-refractivity contribution in [1.82, 2.24) is 5.32 Å². The van der Waals surface area contributed by atoms with Gasteiger partial charge in [-0.2, -0.15) is 0 Å². The Morgan fingerprint density at radius 1 is 1.14 bits per heavy atom. The highest BCUT2D eigenvalue weighted by molar-refractivity contribution is 5.91. The number of hydrogen-bond acceptors (Lipinski definition) is 5. The monoisotopic (exact) mass is 291 g/mol. The molecule has 0 aromatic heterocycles. The third-order valence-electron chi connectivity index (χ3n) is 2.53. The van der Waals surface area contributed by atoms with Crippen LogP contribution < -0.4 is 5.32 Å². The van der Waals surface area contributed by atoms with Crippen molar-refractivity contribution < 1.29 is 23.9 Å². The smallest absolute Gasteiger partial charge is 0.331 e. The molecule has 1 amide bonds. The topological polar surface area (TPSA) is 81.7 Å². The highest BCUT2D eigenvalue weighted by Gasteiger charge is 2.14. The van der Waals surface area contributed by atoms with Gasteiger partial charge in [-0.05, 0) is 5.56 Å². The number of rotatable bonds is 6. The van der Waals surface area contributed by atoms with Crippen LogP contribution in [-0.2, 0) is 23.9 Å². The Morgan fingerprint density at radius 3 is 2.33 bits per heavy atom. The second-order valence-corrected chi connectivity index (χ2v) is 4.15. The van der Waals surface area contributed by atoms with Crippen molar-refractivity contribution in [3.63, 3.8) is 0 Å². The number of hydrogen-bond donors (Lipinski definition) is 1. The summed E-state index contributed by atoms with van der Waals surface area (Å²) in [7, 11) is 1.21. The van der Waals surface area contributed by atoms with E-state index in [9.17, 15) is 14.4 Å². The summed E-state index contributed by atoms with van der Waals surface area (Å²) in [6.45, 7) is 1.35. The zero-order valence-electron chi connectivity index (χ0n) is 11.9. The molecule has 0 saturated heterocycles. The maximum atomic E-state index is 11.5. The molecule has 0 radical (unpaired) electrons. The van der Waals surface area contributed by atoms with Gasteiger partial charge in [-0.3, -0.25) is 4.79 Å². The van der Waals surface area contributed by atoms with E-state index >= 15 is 0 Å². The number of ether oxygens (including phenoxy) is 2. The Balaban J connectivity index is 2.62. The van der Waals surface area contributed by atoms with Crippen LogP contribution in [0, 0.1) is 0 Å². The van der Waals surface area contributed by atoms with E-state index in [1.54, 1.807) is 0 Å². The number of nitrogens with one attached hydrogen (secondary N) is 1. The summed E-state index contributed by atoms with van der Waals surface area (Å²) < 4.78 is 9.36. The third kappa shape index (κ3) is 6.38. The van der Waals surface area contributed by atoms with E-state index in [-0.39, 0.29) is 12.5 Å². The summed E-state index contributed by atoms with van der Waals surface area (Å²) in [5, 5.41) is 2.70. The zero-order chi connectivity index (χ0) is 15.7. The Bertz CT molecular complexity index is 524. The van der Waals surface area contributed by atoms with Gasteiger partial charge in [-0.15, -0.1) is 0 Å². The first-order valence-corrected chi connectivity index (χ1v) is 6.27. The Hall–Kier alpha value is -2.63. The first kappa shape index (κ1) is 16.4. The van der Waals surface area contributed by atoms with Crippen LogP contribution >= 0.6 is 0 Å². The lowest BCUT2D eigenvalue weighted by Gasteiger charge is -2.17. The molecule has 1 unspecified atom stereocenters. The molecule has 21 heavy (non-hydrogen) atoms. The molecule has 1 rings (SSSR count). The van der Waals surface area contributed by atoms with Crippen molar-refractivity contribution in [1.29, 1.82) is 0 Å². The molecule has 6 heteroatoms. The van der Waals surface area contributed by atoms with Gasteiger partial charge in [0.15, 0.2) is 0 Å². The van der Waals surface area contributed by atoms with E-state index in [4.69, 9.17) is 4.74 Å². The average Bonchev–Trinajstić information content (AvgIpc) is 2.49. The quantitative estimate of drug-likeness (QED) is 0.628. The Morgan fingerprint density at radius 2 is 1.76 bits per heavy atom. The lowest BCUT2D eigenvalue weighted by atomic mass is 10.1. The number of esters is 2. The van der Waals surface area contributed by atoms with E-state index < -0.39 is 18.0 Å². The molecule has 0 bridgehead atoms. The lowest BCUT2D eigenvalue weighted by Crippen LogP contribution is -2.30. The zero-order valence-corrected chi connectivity index (χ0v) is 11.9. The number of methoxy groups -OCH3 is 1. The van der Waals surface area contributed by atoms with Crippen molar-refractivity contribution in [2.24, 2.45) is 0 Å². The van der Waals surface area contributed by atoms with Gasteiger partial charge in [-0.1, -0.05) is 30.3 Å². The van der Waals surface area contributed by atoms with Crippen molar-refractivity contribution in [2.75, 3.05) is 13.7 Å². The van der Waals surface area contributed by atoms with Crippen LogP contribution in [0.2, 0.25) is 0 Å². The van der Waals surface area contributed by atoms with Gasteiger partial charge < -0.3 is 14.8 Å². The van der Waals surface area contributed by atoms with Crippen molar-refractivity contribution >= 4 is 17.8 Å². The van der Waals surface area contributed by atoms with E-state index in [0.717, 1.165) is 17.7 Å². The fourth-order valence-corrected chi connectivity index (χ4v) is 1.57. The number of amides is 1. The van der Waals surface area contributed by atoms with Crippen LogP contribution in [0.1, 0.15) is 18.5 Å². The number of benzene rings is 1. The van der Waals surface area contributed by atoms with Crippen molar-refractivity contribution in [3.8, 4) is 0 Å². The summed E-state index contributed by atoms with van der Waals surface area (Å²) >= 11 is 0. The molecule has 0 aliphatic heterocycles. The standard InChI is InChI=1S/C15H17NO5/c1-11(17)16-13(12-6-4-3-5-7-12)10-21-15(19)9-8-14(18)20-2/h3-9,13H,10H2,1-2H3,(H,16,17)/b9-8+. The maximum Gasteiger partial charge on any atom is 0.331 e. The molecule has 0 heterocycles. The molecule has 0 saturated carbocycles. The fourth-order valence-electron chi connectivity index (χ4n) is 1.57. The molecule has 1 aromatic rings. The minimum atomic E-state index is -0.688. The Labute approximate surface area is 122 Å². The molecular weight excluding hydrogens is 274 g/mol. The van der Waals surface area contributed by atoms with E-state index in [0.29, 0.717) is 0 Å². The summed E-state index contributed by atoms with van der Waals surface area (Å²) in [5.41, 5.74) is 0.817. The second kappa shape index (κ2) is 8.52. The van der Waals surface area contributed by atoms with Gasteiger partial charge in [0, 0.05) is 19.1 Å². The highest BCUT2D eigenvalue weighted by atomic mass is 16.5. The SMILES string of the molecule is COC(=O)/C=C/C(=O)OCC(NC(C)=O)c1ccccc1. The van der Waals surface area contributed by atoms with E-state index in [1.165, 1.54) is 14.0 Å². The maximum absolute atomic E-state index is 11.5. The summed E-state index contributed by atoms with van der Waals surface area (Å²) in [5.74, 6) is -1.56. The molecule has 0 aliphatic rings. The van der Waals surface area contributed by atoms with Crippen molar-refractivity contribution in [3.05, 3.63) is 48.0 Å². The third-order valence-corrected chi connectivity index (χ3v) is 2.53. The van der Waals surface area contributed by atoms with Crippen molar-refractivity contribution in [2.45, 2.75) is 13.0 Å². The molecule has 1 N–H and O–H groups in total. The van der Waals surface area contributed by atoms with Crippen LogP contribution in [0.5, 0.6) is 0 Å². The van der Waals surface area contributed by atoms with E-state index in [2.05, 4.69) is 10.1 Å². The van der Waals surface area contributed by atoms with Gasteiger partial charge >= 0.3 is 11.9 Å². The number of carbonyl (C=O) groups is 3. The van der Waals surface area contributed by atoms with Gasteiger partial charge in [0.25, 0.3) is 0 Å². The summed E-state index contributed by atoms with van der Waals surface area (Å²) in [6.07, 6.45) is 1.94. The molecule has 1 atom stereocenters. The number of carbonyl (C=O) groups excluding carboxylic acids is 3. The predicted molar refractivity (Wildman–Crippen MR) is 75.1 cm³/mol. The molecule has 0 fully saturated rings. The van der Waals surface area contributed by atoms with Crippen LogP contribution in [0.3, 0.4) is 0 Å². The highest BCUT2D eigenvalue weighted by Crippen LogP contribution is 2.13. The molecular formula is C15H17NO5. The van der Waals surface area contributed by atoms with Gasteiger partial charge in [0.2, 0.25) is 5.91 Å². The van der Waals surface area contributed by atoms with Crippen LogP contribution in [0.4, 0.5) is 0 Å². The molecule has 0 aliphatic carbocycles. The van der Waals surface area contributed by atoms with Gasteiger partial charge in [0.1, 0.15) is 6.61 Å². The van der Waals surface area contributed by atoms with E-state index in [1.807, 2.05) is 30.3 Å².